The highest BCUT2D eigenvalue weighted by Gasteiger charge is 2.39. The first-order valence-corrected chi connectivity index (χ1v) is 8.93. The Kier molecular flexibility index (Phi) is 4.64. The molecule has 2 aromatic rings. The molecular formula is C17H20N3O4S-. The number of rotatable bonds is 3. The van der Waals surface area contributed by atoms with Crippen LogP contribution in [0, 0.1) is 0 Å². The summed E-state index contributed by atoms with van der Waals surface area (Å²) in [6.07, 6.45) is -0.335. The number of ether oxygens (including phenoxy) is 1. The number of amides is 1. The summed E-state index contributed by atoms with van der Waals surface area (Å²) in [6, 6.07) is 6.67. The molecule has 2 atom stereocenters. The number of carboxylic acids is 1. The summed E-state index contributed by atoms with van der Waals surface area (Å²) < 4.78 is 5.31. The predicted octanol–water partition coefficient (Wildman–Crippen LogP) is 1.78. The van der Waals surface area contributed by atoms with E-state index in [0.29, 0.717) is 11.6 Å². The highest BCUT2D eigenvalue weighted by Crippen LogP contribution is 2.33. The van der Waals surface area contributed by atoms with Crippen LogP contribution in [0.3, 0.4) is 0 Å². The van der Waals surface area contributed by atoms with Gasteiger partial charge >= 0.3 is 6.09 Å². The van der Waals surface area contributed by atoms with E-state index in [1.165, 1.54) is 16.7 Å². The first-order valence-electron chi connectivity index (χ1n) is 8.05. The lowest BCUT2D eigenvalue weighted by atomic mass is 10.2. The van der Waals surface area contributed by atoms with Crippen LogP contribution < -0.4 is 5.11 Å². The number of likely N-dealkylation sites (tertiary alicyclic amines) is 1. The molecule has 0 bridgehead atoms. The molecule has 3 rings (SSSR count). The number of thioether (sulfide) groups is 1. The molecule has 1 amide bonds. The SMILES string of the molecule is CC(C)(C)OC(=O)N1CC(Sc2nc3ccccc3[nH]2)CC1C(=O)[O-]. The number of benzene rings is 1. The zero-order valence-electron chi connectivity index (χ0n) is 14.3. The molecule has 0 saturated carbocycles. The molecule has 7 nitrogen and oxygen atoms in total. The van der Waals surface area contributed by atoms with E-state index in [1.54, 1.807) is 20.8 Å². The minimum Gasteiger partial charge on any atom is -0.548 e. The van der Waals surface area contributed by atoms with Gasteiger partial charge in [0.2, 0.25) is 0 Å². The summed E-state index contributed by atoms with van der Waals surface area (Å²) in [5.41, 5.74) is 1.09. The van der Waals surface area contributed by atoms with Crippen molar-refractivity contribution in [1.82, 2.24) is 14.9 Å². The Labute approximate surface area is 149 Å². The Hall–Kier alpha value is -2.22. The summed E-state index contributed by atoms with van der Waals surface area (Å²) in [6.45, 7) is 5.51. The highest BCUT2D eigenvalue weighted by atomic mass is 32.2. The number of aromatic amines is 1. The van der Waals surface area contributed by atoms with Gasteiger partial charge in [-0.05, 0) is 39.3 Å². The van der Waals surface area contributed by atoms with Crippen LogP contribution >= 0.6 is 11.8 Å². The monoisotopic (exact) mass is 362 g/mol. The lowest BCUT2D eigenvalue weighted by Gasteiger charge is -2.28. The topological polar surface area (TPSA) is 98.3 Å². The van der Waals surface area contributed by atoms with Crippen molar-refractivity contribution >= 4 is 34.9 Å². The van der Waals surface area contributed by atoms with Gasteiger partial charge in [-0.2, -0.15) is 0 Å². The molecule has 0 aliphatic carbocycles. The molecule has 2 heterocycles. The van der Waals surface area contributed by atoms with Crippen LogP contribution in [-0.2, 0) is 9.53 Å². The van der Waals surface area contributed by atoms with E-state index in [-0.39, 0.29) is 11.8 Å². The number of carbonyl (C=O) groups is 2. The number of carboxylic acid groups (broad SMARTS) is 1. The van der Waals surface area contributed by atoms with Crippen LogP contribution in [0.25, 0.3) is 11.0 Å². The Morgan fingerprint density at radius 3 is 2.72 bits per heavy atom. The van der Waals surface area contributed by atoms with Crippen molar-refractivity contribution < 1.29 is 19.4 Å². The van der Waals surface area contributed by atoms with Gasteiger partial charge in [0.15, 0.2) is 5.16 Å². The van der Waals surface area contributed by atoms with Crippen LogP contribution in [0.2, 0.25) is 0 Å². The molecule has 1 aromatic carbocycles. The molecule has 1 saturated heterocycles. The average molecular weight is 362 g/mol. The van der Waals surface area contributed by atoms with Gasteiger partial charge in [-0.1, -0.05) is 23.9 Å². The second kappa shape index (κ2) is 6.59. The summed E-state index contributed by atoms with van der Waals surface area (Å²) in [4.78, 5) is 32.6. The smallest absolute Gasteiger partial charge is 0.410 e. The number of hydrogen-bond donors (Lipinski definition) is 1. The van der Waals surface area contributed by atoms with Crippen LogP contribution in [0.15, 0.2) is 29.4 Å². The zero-order valence-corrected chi connectivity index (χ0v) is 15.1. The van der Waals surface area contributed by atoms with Gasteiger partial charge < -0.3 is 19.6 Å². The third kappa shape index (κ3) is 4.07. The largest absolute Gasteiger partial charge is 0.548 e. The van der Waals surface area contributed by atoms with Gasteiger partial charge in [0.05, 0.1) is 23.0 Å². The molecule has 1 N–H and O–H groups in total. The maximum Gasteiger partial charge on any atom is 0.410 e. The van der Waals surface area contributed by atoms with E-state index in [0.717, 1.165) is 11.0 Å². The Morgan fingerprint density at radius 2 is 2.08 bits per heavy atom. The molecule has 0 spiro atoms. The molecular weight excluding hydrogens is 342 g/mol. The molecule has 2 unspecified atom stereocenters. The van der Waals surface area contributed by atoms with Crippen molar-refractivity contribution in [2.24, 2.45) is 0 Å². The summed E-state index contributed by atoms with van der Waals surface area (Å²) in [7, 11) is 0. The maximum atomic E-state index is 12.3. The van der Waals surface area contributed by atoms with Crippen LogP contribution in [0.4, 0.5) is 4.79 Å². The molecule has 0 radical (unpaired) electrons. The average Bonchev–Trinajstić information content (AvgIpc) is 3.09. The molecule has 25 heavy (non-hydrogen) atoms. The number of H-pyrrole nitrogens is 1. The van der Waals surface area contributed by atoms with E-state index in [2.05, 4.69) is 9.97 Å². The molecule has 1 aromatic heterocycles. The van der Waals surface area contributed by atoms with E-state index in [9.17, 15) is 14.7 Å². The predicted molar refractivity (Wildman–Crippen MR) is 92.1 cm³/mol. The van der Waals surface area contributed by atoms with Crippen molar-refractivity contribution in [1.29, 1.82) is 0 Å². The van der Waals surface area contributed by atoms with Crippen molar-refractivity contribution in [3.63, 3.8) is 0 Å². The van der Waals surface area contributed by atoms with Gasteiger partial charge in [-0.25, -0.2) is 9.78 Å². The minimum absolute atomic E-state index is 0.101. The van der Waals surface area contributed by atoms with Crippen molar-refractivity contribution in [3.05, 3.63) is 24.3 Å². The Balaban J connectivity index is 1.73. The van der Waals surface area contributed by atoms with Gasteiger partial charge in [-0.15, -0.1) is 0 Å². The molecule has 1 aliphatic heterocycles. The fourth-order valence-electron chi connectivity index (χ4n) is 2.77. The van der Waals surface area contributed by atoms with Gasteiger partial charge in [0.25, 0.3) is 0 Å². The highest BCUT2D eigenvalue weighted by molar-refractivity contribution is 7.99. The number of aliphatic carboxylic acids is 1. The summed E-state index contributed by atoms with van der Waals surface area (Å²) in [5, 5.41) is 12.0. The van der Waals surface area contributed by atoms with Gasteiger partial charge in [-0.3, -0.25) is 4.90 Å². The number of fused-ring (bicyclic) bond motifs is 1. The van der Waals surface area contributed by atoms with Crippen molar-refractivity contribution in [2.45, 2.75) is 49.2 Å². The molecule has 1 fully saturated rings. The first-order chi connectivity index (χ1) is 11.7. The summed E-state index contributed by atoms with van der Waals surface area (Å²) in [5.74, 6) is -1.27. The lowest BCUT2D eigenvalue weighted by Crippen LogP contribution is -2.48. The third-order valence-corrected chi connectivity index (χ3v) is 4.90. The second-order valence-corrected chi connectivity index (χ2v) is 8.29. The normalized spacial score (nSPS) is 20.8. The Morgan fingerprint density at radius 1 is 1.36 bits per heavy atom. The van der Waals surface area contributed by atoms with E-state index < -0.39 is 23.7 Å². The van der Waals surface area contributed by atoms with Gasteiger partial charge in [0, 0.05) is 11.8 Å². The third-order valence-electron chi connectivity index (χ3n) is 3.81. The second-order valence-electron chi connectivity index (χ2n) is 7.00. The van der Waals surface area contributed by atoms with Crippen LogP contribution in [0.5, 0.6) is 0 Å². The molecule has 8 heteroatoms. The maximum absolute atomic E-state index is 12.3. The van der Waals surface area contributed by atoms with E-state index in [1.807, 2.05) is 24.3 Å². The molecule has 134 valence electrons. The minimum atomic E-state index is -1.27. The van der Waals surface area contributed by atoms with Crippen LogP contribution in [0.1, 0.15) is 27.2 Å². The Bertz CT molecular complexity index is 766. The lowest BCUT2D eigenvalue weighted by molar-refractivity contribution is -0.310. The summed E-state index contributed by atoms with van der Waals surface area (Å²) >= 11 is 1.43. The standard InChI is InChI=1S/C17H21N3O4S/c1-17(2,3)24-16(23)20-9-10(8-13(20)14(21)22)25-15-18-11-6-4-5-7-12(11)19-15/h4-7,10,13H,8-9H2,1-3H3,(H,18,19)(H,21,22)/p-1. The van der Waals surface area contributed by atoms with Crippen LogP contribution in [-0.4, -0.2) is 50.4 Å². The van der Waals surface area contributed by atoms with Crippen molar-refractivity contribution in [2.75, 3.05) is 6.54 Å². The zero-order chi connectivity index (χ0) is 18.2. The quantitative estimate of drug-likeness (QED) is 0.894. The number of aromatic nitrogens is 2. The number of para-hydroxylation sites is 2. The fourth-order valence-corrected chi connectivity index (χ4v) is 3.92. The number of nitrogens with zero attached hydrogens (tertiary/aromatic N) is 2. The number of nitrogens with one attached hydrogen (secondary N) is 1. The van der Waals surface area contributed by atoms with Crippen molar-refractivity contribution in [3.8, 4) is 0 Å². The van der Waals surface area contributed by atoms with Gasteiger partial charge in [0.1, 0.15) is 5.60 Å². The number of imidazole rings is 1. The number of carbonyl (C=O) groups excluding carboxylic acids is 2. The fraction of sp³-hybridized carbons (Fsp3) is 0.471. The number of hydrogen-bond acceptors (Lipinski definition) is 6. The first kappa shape index (κ1) is 17.6. The van der Waals surface area contributed by atoms with E-state index in [4.69, 9.17) is 4.74 Å². The molecule has 1 aliphatic rings. The van der Waals surface area contributed by atoms with E-state index >= 15 is 0 Å².